The number of ether oxygens (including phenoxy) is 1. The summed E-state index contributed by atoms with van der Waals surface area (Å²) >= 11 is 0. The summed E-state index contributed by atoms with van der Waals surface area (Å²) in [7, 11) is 0. The molecule has 0 radical (unpaired) electrons. The van der Waals surface area contributed by atoms with E-state index in [2.05, 4.69) is 4.98 Å². The van der Waals surface area contributed by atoms with Crippen LogP contribution in [0.1, 0.15) is 15.9 Å². The van der Waals surface area contributed by atoms with Crippen LogP contribution in [0.4, 0.5) is 0 Å². The third-order valence-corrected chi connectivity index (χ3v) is 3.43. The number of aromatic nitrogens is 1. The van der Waals surface area contributed by atoms with E-state index in [0.29, 0.717) is 12.1 Å². The molecular weight excluding hydrogens is 254 g/mol. The molecule has 1 amide bonds. The molecule has 1 aromatic carbocycles. The Morgan fingerprint density at radius 3 is 3.00 bits per heavy atom. The van der Waals surface area contributed by atoms with E-state index in [9.17, 15) is 4.79 Å². The van der Waals surface area contributed by atoms with Gasteiger partial charge in [0.05, 0.1) is 5.56 Å². The van der Waals surface area contributed by atoms with Gasteiger partial charge in [0.1, 0.15) is 11.9 Å². The molecule has 102 valence electrons. The first-order valence-corrected chi connectivity index (χ1v) is 6.43. The van der Waals surface area contributed by atoms with Crippen molar-refractivity contribution in [1.82, 2.24) is 4.98 Å². The Hall–Kier alpha value is -2.40. The van der Waals surface area contributed by atoms with Crippen molar-refractivity contribution in [3.63, 3.8) is 0 Å². The molecule has 1 aliphatic rings. The zero-order valence-electron chi connectivity index (χ0n) is 10.9. The molecule has 1 unspecified atom stereocenters. The first kappa shape index (κ1) is 12.6. The number of primary amides is 1. The maximum Gasteiger partial charge on any atom is 0.250 e. The van der Waals surface area contributed by atoms with Crippen molar-refractivity contribution < 1.29 is 9.53 Å². The zero-order valence-corrected chi connectivity index (χ0v) is 10.9. The van der Waals surface area contributed by atoms with Crippen molar-refractivity contribution in [2.75, 3.05) is 6.54 Å². The van der Waals surface area contributed by atoms with Gasteiger partial charge >= 0.3 is 0 Å². The fourth-order valence-electron chi connectivity index (χ4n) is 2.42. The Kier molecular flexibility index (Phi) is 3.12. The molecule has 4 N–H and O–H groups in total. The van der Waals surface area contributed by atoms with Crippen LogP contribution < -0.4 is 16.2 Å². The van der Waals surface area contributed by atoms with Crippen LogP contribution in [0.25, 0.3) is 11.1 Å². The molecule has 1 atom stereocenters. The van der Waals surface area contributed by atoms with Gasteiger partial charge in [0, 0.05) is 36.5 Å². The minimum Gasteiger partial charge on any atom is -0.488 e. The van der Waals surface area contributed by atoms with Crippen molar-refractivity contribution in [3.8, 4) is 16.9 Å². The van der Waals surface area contributed by atoms with E-state index in [1.165, 1.54) is 6.20 Å². The molecule has 0 aliphatic carbocycles. The van der Waals surface area contributed by atoms with Crippen LogP contribution in [-0.2, 0) is 6.42 Å². The standard InChI is InChI=1S/C15H15N3O2/c16-6-12-5-9-2-1-3-13(14(9)20-12)10-4-11(15(17)19)8-18-7-10/h1-4,7-8,12H,5-6,16H2,(H2,17,19). The average molecular weight is 269 g/mol. The van der Waals surface area contributed by atoms with Gasteiger partial charge in [0.15, 0.2) is 0 Å². The summed E-state index contributed by atoms with van der Waals surface area (Å²) < 4.78 is 5.87. The van der Waals surface area contributed by atoms with Gasteiger partial charge in [-0.25, -0.2) is 0 Å². The van der Waals surface area contributed by atoms with E-state index in [0.717, 1.165) is 28.9 Å². The monoisotopic (exact) mass is 269 g/mol. The minimum absolute atomic E-state index is 0.0124. The molecule has 5 heteroatoms. The van der Waals surface area contributed by atoms with Gasteiger partial charge in [-0.05, 0) is 11.6 Å². The van der Waals surface area contributed by atoms with E-state index in [-0.39, 0.29) is 6.10 Å². The molecule has 2 heterocycles. The smallest absolute Gasteiger partial charge is 0.250 e. The van der Waals surface area contributed by atoms with Crippen LogP contribution in [0.5, 0.6) is 5.75 Å². The van der Waals surface area contributed by atoms with Gasteiger partial charge in [-0.2, -0.15) is 0 Å². The normalized spacial score (nSPS) is 16.6. The number of nitrogens with two attached hydrogens (primary N) is 2. The fraction of sp³-hybridized carbons (Fsp3) is 0.200. The molecule has 2 aromatic rings. The Labute approximate surface area is 116 Å². The third kappa shape index (κ3) is 2.12. The summed E-state index contributed by atoms with van der Waals surface area (Å²) in [6.45, 7) is 0.480. The number of benzene rings is 1. The molecule has 0 saturated heterocycles. The van der Waals surface area contributed by atoms with E-state index in [4.69, 9.17) is 16.2 Å². The lowest BCUT2D eigenvalue weighted by Gasteiger charge is -2.11. The summed E-state index contributed by atoms with van der Waals surface area (Å²) in [4.78, 5) is 15.3. The number of carbonyl (C=O) groups excluding carboxylic acids is 1. The number of hydrogen-bond acceptors (Lipinski definition) is 4. The zero-order chi connectivity index (χ0) is 14.1. The maximum absolute atomic E-state index is 11.3. The topological polar surface area (TPSA) is 91.2 Å². The number of rotatable bonds is 3. The first-order chi connectivity index (χ1) is 9.69. The maximum atomic E-state index is 11.3. The van der Waals surface area contributed by atoms with Crippen LogP contribution in [0, 0.1) is 0 Å². The predicted octanol–water partition coefficient (Wildman–Crippen LogP) is 1.11. The quantitative estimate of drug-likeness (QED) is 0.873. The Balaban J connectivity index is 2.06. The van der Waals surface area contributed by atoms with Crippen LogP contribution in [-0.4, -0.2) is 23.5 Å². The van der Waals surface area contributed by atoms with Gasteiger partial charge in [-0.15, -0.1) is 0 Å². The minimum atomic E-state index is -0.493. The highest BCUT2D eigenvalue weighted by Gasteiger charge is 2.24. The fourth-order valence-corrected chi connectivity index (χ4v) is 2.42. The van der Waals surface area contributed by atoms with Crippen molar-refractivity contribution in [1.29, 1.82) is 0 Å². The second kappa shape index (κ2) is 4.94. The second-order valence-corrected chi connectivity index (χ2v) is 4.80. The van der Waals surface area contributed by atoms with Crippen molar-refractivity contribution in [3.05, 3.63) is 47.8 Å². The molecule has 5 nitrogen and oxygen atoms in total. The molecule has 0 fully saturated rings. The molecule has 3 rings (SSSR count). The number of pyridine rings is 1. The SMILES string of the molecule is NCC1Cc2cccc(-c3cncc(C(N)=O)c3)c2O1. The van der Waals surface area contributed by atoms with Crippen molar-refractivity contribution in [2.24, 2.45) is 11.5 Å². The highest BCUT2D eigenvalue weighted by atomic mass is 16.5. The van der Waals surface area contributed by atoms with Gasteiger partial charge in [0.25, 0.3) is 0 Å². The summed E-state index contributed by atoms with van der Waals surface area (Å²) in [6.07, 6.45) is 3.97. The number of para-hydroxylation sites is 1. The van der Waals surface area contributed by atoms with Crippen molar-refractivity contribution >= 4 is 5.91 Å². The summed E-state index contributed by atoms with van der Waals surface area (Å²) in [6, 6.07) is 7.66. The first-order valence-electron chi connectivity index (χ1n) is 6.43. The Morgan fingerprint density at radius 1 is 1.40 bits per heavy atom. The molecule has 0 saturated carbocycles. The predicted molar refractivity (Wildman–Crippen MR) is 75.4 cm³/mol. The molecule has 1 aromatic heterocycles. The largest absolute Gasteiger partial charge is 0.488 e. The van der Waals surface area contributed by atoms with E-state index >= 15 is 0 Å². The molecule has 1 aliphatic heterocycles. The van der Waals surface area contributed by atoms with Gasteiger partial charge in [-0.1, -0.05) is 18.2 Å². The molecule has 0 spiro atoms. The number of hydrogen-bond donors (Lipinski definition) is 2. The van der Waals surface area contributed by atoms with E-state index in [1.807, 2.05) is 18.2 Å². The number of carbonyl (C=O) groups is 1. The van der Waals surface area contributed by atoms with Crippen LogP contribution in [0.15, 0.2) is 36.7 Å². The lowest BCUT2D eigenvalue weighted by atomic mass is 10.0. The van der Waals surface area contributed by atoms with Crippen LogP contribution >= 0.6 is 0 Å². The number of amides is 1. The second-order valence-electron chi connectivity index (χ2n) is 4.80. The van der Waals surface area contributed by atoms with Crippen molar-refractivity contribution in [2.45, 2.75) is 12.5 Å². The Morgan fingerprint density at radius 2 is 2.25 bits per heavy atom. The average Bonchev–Trinajstić information content (AvgIpc) is 2.90. The van der Waals surface area contributed by atoms with E-state index in [1.54, 1.807) is 12.3 Å². The van der Waals surface area contributed by atoms with Gasteiger partial charge in [0.2, 0.25) is 5.91 Å². The van der Waals surface area contributed by atoms with E-state index < -0.39 is 5.91 Å². The van der Waals surface area contributed by atoms with Crippen LogP contribution in [0.3, 0.4) is 0 Å². The number of fused-ring (bicyclic) bond motifs is 1. The lowest BCUT2D eigenvalue weighted by Crippen LogP contribution is -2.24. The van der Waals surface area contributed by atoms with Gasteiger partial charge < -0.3 is 16.2 Å². The summed E-state index contributed by atoms with van der Waals surface area (Å²) in [5.41, 5.74) is 14.2. The molecule has 20 heavy (non-hydrogen) atoms. The molecule has 0 bridgehead atoms. The number of nitrogens with zero attached hydrogens (tertiary/aromatic N) is 1. The Bertz CT molecular complexity index is 670. The highest BCUT2D eigenvalue weighted by molar-refractivity contribution is 5.94. The summed E-state index contributed by atoms with van der Waals surface area (Å²) in [5, 5.41) is 0. The molecular formula is C15H15N3O2. The summed E-state index contributed by atoms with van der Waals surface area (Å²) in [5.74, 6) is 0.332. The third-order valence-electron chi connectivity index (χ3n) is 3.43. The lowest BCUT2D eigenvalue weighted by molar-refractivity contribution is 0.1000. The highest BCUT2D eigenvalue weighted by Crippen LogP contribution is 2.38. The van der Waals surface area contributed by atoms with Crippen LogP contribution in [0.2, 0.25) is 0 Å². The van der Waals surface area contributed by atoms with Gasteiger partial charge in [-0.3, -0.25) is 9.78 Å².